The Morgan fingerprint density at radius 3 is 1.35 bits per heavy atom. The van der Waals surface area contributed by atoms with Crippen molar-refractivity contribution in [3.05, 3.63) is 0 Å². The Bertz CT molecular complexity index is 732. The molecule has 6 nitrogen and oxygen atoms in total. The number of carbonyl (C=O) groups is 2. The van der Waals surface area contributed by atoms with E-state index in [0.717, 1.165) is 71.0 Å². The molecule has 52 heavy (non-hydrogen) atoms. The Morgan fingerprint density at radius 1 is 0.481 bits per heavy atom. The second-order valence-electron chi connectivity index (χ2n) is 16.1. The summed E-state index contributed by atoms with van der Waals surface area (Å²) in [4.78, 5) is 27.3. The van der Waals surface area contributed by atoms with Crippen molar-refractivity contribution in [1.29, 1.82) is 0 Å². The van der Waals surface area contributed by atoms with Crippen molar-refractivity contribution in [3.8, 4) is 0 Å². The molecule has 0 fully saturated rings. The van der Waals surface area contributed by atoms with Gasteiger partial charge in [0.1, 0.15) is 0 Å². The van der Waals surface area contributed by atoms with Crippen LogP contribution in [0, 0.1) is 5.92 Å². The molecule has 0 spiro atoms. The van der Waals surface area contributed by atoms with Crippen molar-refractivity contribution < 1.29 is 24.2 Å². The molecule has 0 rings (SSSR count). The van der Waals surface area contributed by atoms with E-state index < -0.39 is 0 Å². The van der Waals surface area contributed by atoms with Crippen LogP contribution in [0.1, 0.15) is 240 Å². The third-order valence-electron chi connectivity index (χ3n) is 10.8. The van der Waals surface area contributed by atoms with Gasteiger partial charge in [-0.05, 0) is 96.7 Å². The van der Waals surface area contributed by atoms with E-state index in [1.165, 1.54) is 148 Å². The van der Waals surface area contributed by atoms with E-state index in [9.17, 15) is 14.7 Å². The Kier molecular flexibility index (Phi) is 40.1. The molecular weight excluding hydrogens is 647 g/mol. The lowest BCUT2D eigenvalue weighted by atomic mass is 9.95. The molecule has 1 unspecified atom stereocenters. The van der Waals surface area contributed by atoms with Crippen LogP contribution in [0.2, 0.25) is 0 Å². The van der Waals surface area contributed by atoms with Crippen LogP contribution in [-0.2, 0) is 19.1 Å². The van der Waals surface area contributed by atoms with E-state index in [-0.39, 0.29) is 24.6 Å². The topological polar surface area (TPSA) is 76.1 Å². The van der Waals surface area contributed by atoms with Crippen molar-refractivity contribution in [2.45, 2.75) is 246 Å². The second-order valence-corrected chi connectivity index (χ2v) is 16.1. The molecule has 0 radical (unpaired) electrons. The molecule has 0 aromatic rings. The summed E-state index contributed by atoms with van der Waals surface area (Å²) in [5.74, 6) is 0.524. The Labute approximate surface area is 324 Å². The minimum Gasteiger partial charge on any atom is -0.465 e. The van der Waals surface area contributed by atoms with Crippen LogP contribution in [0.5, 0.6) is 0 Å². The number of hydrogen-bond acceptors (Lipinski definition) is 6. The smallest absolute Gasteiger partial charge is 0.306 e. The molecule has 1 N–H and O–H groups in total. The fourth-order valence-corrected chi connectivity index (χ4v) is 7.27. The summed E-state index contributed by atoms with van der Waals surface area (Å²) in [7, 11) is 0. The van der Waals surface area contributed by atoms with Crippen molar-refractivity contribution in [1.82, 2.24) is 4.90 Å². The fraction of sp³-hybridized carbons (Fsp3) is 0.957. The number of aliphatic hydroxyl groups excluding tert-OH is 1. The lowest BCUT2D eigenvalue weighted by molar-refractivity contribution is -0.148. The van der Waals surface area contributed by atoms with Crippen LogP contribution in [0.15, 0.2) is 0 Å². The maximum atomic E-state index is 12.5. The Morgan fingerprint density at radius 2 is 0.865 bits per heavy atom. The number of esters is 2. The number of rotatable bonds is 42. The molecule has 0 bridgehead atoms. The van der Waals surface area contributed by atoms with E-state index >= 15 is 0 Å². The first-order valence-corrected chi connectivity index (χ1v) is 23.1. The Hall–Kier alpha value is -1.14. The average molecular weight is 738 g/mol. The van der Waals surface area contributed by atoms with Gasteiger partial charge in [-0.25, -0.2) is 0 Å². The van der Waals surface area contributed by atoms with Gasteiger partial charge in [0, 0.05) is 19.4 Å². The SMILES string of the molecule is CCCCCCCCCC(=O)OC(C)CCCCCCN(CCCCO)CCCCCCCC(=O)OCC(CCCCCCC)CCCCCCC. The van der Waals surface area contributed by atoms with Gasteiger partial charge < -0.3 is 19.5 Å². The van der Waals surface area contributed by atoms with Gasteiger partial charge in [0.25, 0.3) is 0 Å². The normalized spacial score (nSPS) is 12.2. The van der Waals surface area contributed by atoms with E-state index in [0.29, 0.717) is 25.4 Å². The number of hydrogen-bond donors (Lipinski definition) is 1. The largest absolute Gasteiger partial charge is 0.465 e. The van der Waals surface area contributed by atoms with Gasteiger partial charge >= 0.3 is 11.9 Å². The van der Waals surface area contributed by atoms with Crippen molar-refractivity contribution in [3.63, 3.8) is 0 Å². The molecule has 0 aromatic carbocycles. The first kappa shape index (κ1) is 50.9. The lowest BCUT2D eigenvalue weighted by Gasteiger charge is -2.22. The standard InChI is InChI=1S/C46H91NO5/c1-5-8-11-14-15-19-28-37-46(50)52-43(4)33-24-21-23-30-39-47(40-31-32-41-48)38-29-22-16-20-27-36-45(49)51-42-44(34-25-17-12-9-6-2)35-26-18-13-10-7-3/h43-44,48H,5-42H2,1-4H3. The molecule has 0 saturated heterocycles. The van der Waals surface area contributed by atoms with Crippen LogP contribution in [0.25, 0.3) is 0 Å². The molecule has 0 heterocycles. The molecule has 0 aliphatic heterocycles. The zero-order valence-electron chi connectivity index (χ0n) is 35.6. The van der Waals surface area contributed by atoms with E-state index in [1.807, 2.05) is 6.92 Å². The van der Waals surface area contributed by atoms with Crippen molar-refractivity contribution >= 4 is 11.9 Å². The number of ether oxygens (including phenoxy) is 2. The molecular formula is C46H91NO5. The van der Waals surface area contributed by atoms with Gasteiger partial charge in [-0.15, -0.1) is 0 Å². The molecule has 310 valence electrons. The quantitative estimate of drug-likeness (QED) is 0.0496. The highest BCUT2D eigenvalue weighted by atomic mass is 16.5. The minimum atomic E-state index is -0.0204. The first-order valence-electron chi connectivity index (χ1n) is 23.1. The summed E-state index contributed by atoms with van der Waals surface area (Å²) >= 11 is 0. The number of carbonyl (C=O) groups excluding carboxylic acids is 2. The maximum absolute atomic E-state index is 12.5. The molecule has 0 aromatic heterocycles. The highest BCUT2D eigenvalue weighted by Gasteiger charge is 2.13. The summed E-state index contributed by atoms with van der Waals surface area (Å²) in [5, 5.41) is 9.28. The second kappa shape index (κ2) is 41.0. The summed E-state index contributed by atoms with van der Waals surface area (Å²) in [6.07, 6.45) is 38.4. The van der Waals surface area contributed by atoms with Gasteiger partial charge in [-0.1, -0.05) is 156 Å². The van der Waals surface area contributed by atoms with Crippen LogP contribution < -0.4 is 0 Å². The zero-order chi connectivity index (χ0) is 38.2. The lowest BCUT2D eigenvalue weighted by Crippen LogP contribution is -2.27. The number of unbranched alkanes of at least 4 members (excludes halogenated alkanes) is 22. The van der Waals surface area contributed by atoms with Crippen molar-refractivity contribution in [2.24, 2.45) is 5.92 Å². The number of nitrogens with zero attached hydrogens (tertiary/aromatic N) is 1. The summed E-state index contributed by atoms with van der Waals surface area (Å²) < 4.78 is 11.5. The van der Waals surface area contributed by atoms with E-state index in [4.69, 9.17) is 9.47 Å². The van der Waals surface area contributed by atoms with Gasteiger partial charge in [0.05, 0.1) is 12.7 Å². The summed E-state index contributed by atoms with van der Waals surface area (Å²) in [6, 6.07) is 0. The molecule has 6 heteroatoms. The monoisotopic (exact) mass is 738 g/mol. The zero-order valence-corrected chi connectivity index (χ0v) is 35.6. The van der Waals surface area contributed by atoms with E-state index in [2.05, 4.69) is 25.7 Å². The van der Waals surface area contributed by atoms with Gasteiger partial charge in [-0.2, -0.15) is 0 Å². The first-order chi connectivity index (χ1) is 25.5. The van der Waals surface area contributed by atoms with Crippen LogP contribution in [0.4, 0.5) is 0 Å². The highest BCUT2D eigenvalue weighted by molar-refractivity contribution is 5.69. The average Bonchev–Trinajstić information content (AvgIpc) is 3.13. The third-order valence-corrected chi connectivity index (χ3v) is 10.8. The van der Waals surface area contributed by atoms with Gasteiger partial charge in [0.2, 0.25) is 0 Å². The highest BCUT2D eigenvalue weighted by Crippen LogP contribution is 2.20. The van der Waals surface area contributed by atoms with Crippen LogP contribution >= 0.6 is 0 Å². The van der Waals surface area contributed by atoms with Crippen LogP contribution in [0.3, 0.4) is 0 Å². The van der Waals surface area contributed by atoms with E-state index in [1.54, 1.807) is 0 Å². The third kappa shape index (κ3) is 37.2. The number of aliphatic hydroxyl groups is 1. The molecule has 0 aliphatic rings. The predicted molar refractivity (Wildman–Crippen MR) is 223 cm³/mol. The molecule has 1 atom stereocenters. The predicted octanol–water partition coefficient (Wildman–Crippen LogP) is 13.3. The summed E-state index contributed by atoms with van der Waals surface area (Å²) in [5.41, 5.74) is 0. The molecule has 0 amide bonds. The molecule has 0 aliphatic carbocycles. The summed E-state index contributed by atoms with van der Waals surface area (Å²) in [6.45, 7) is 13.0. The van der Waals surface area contributed by atoms with Crippen LogP contribution in [-0.4, -0.2) is 60.9 Å². The minimum absolute atomic E-state index is 0.00583. The maximum Gasteiger partial charge on any atom is 0.306 e. The van der Waals surface area contributed by atoms with Gasteiger partial charge in [0.15, 0.2) is 0 Å². The fourth-order valence-electron chi connectivity index (χ4n) is 7.27. The van der Waals surface area contributed by atoms with Crippen molar-refractivity contribution in [2.75, 3.05) is 32.8 Å². The van der Waals surface area contributed by atoms with Gasteiger partial charge in [-0.3, -0.25) is 9.59 Å². The molecule has 0 saturated carbocycles. The Balaban J connectivity index is 4.09.